The molecule has 82 valence electrons. The molecule has 0 saturated heterocycles. The first-order chi connectivity index (χ1) is 7.61. The lowest BCUT2D eigenvalue weighted by molar-refractivity contribution is 0.360. The van der Waals surface area contributed by atoms with Gasteiger partial charge in [0, 0.05) is 20.1 Å². The quantitative estimate of drug-likeness (QED) is 0.188. The number of hydrogen-bond donors (Lipinski definition) is 2. The van der Waals surface area contributed by atoms with Crippen molar-refractivity contribution in [2.45, 2.75) is 13.1 Å². The van der Waals surface area contributed by atoms with E-state index in [9.17, 15) is 0 Å². The van der Waals surface area contributed by atoms with Crippen molar-refractivity contribution >= 4 is 19.3 Å². The van der Waals surface area contributed by atoms with Crippen LogP contribution in [0.5, 0.6) is 0 Å². The molecule has 0 aromatic heterocycles. The predicted octanol–water partition coefficient (Wildman–Crippen LogP) is -1.17. The molecule has 0 bridgehead atoms. The second-order valence-corrected chi connectivity index (χ2v) is 3.92. The van der Waals surface area contributed by atoms with Crippen molar-refractivity contribution in [2.24, 2.45) is 16.8 Å². The van der Waals surface area contributed by atoms with Gasteiger partial charge in [0.15, 0.2) is 0 Å². The Morgan fingerprint density at radius 3 is 2.75 bits per heavy atom. The van der Waals surface area contributed by atoms with Crippen molar-refractivity contribution in [2.75, 3.05) is 7.05 Å². The van der Waals surface area contributed by atoms with Gasteiger partial charge in [-0.25, -0.2) is 5.84 Å². The van der Waals surface area contributed by atoms with Crippen molar-refractivity contribution in [3.8, 4) is 0 Å². The van der Waals surface area contributed by atoms with Gasteiger partial charge in [0.2, 0.25) is 5.96 Å². The number of rotatable bonds is 0. The minimum Gasteiger partial charge on any atom is -0.332 e. The molecule has 1 aromatic carbocycles. The van der Waals surface area contributed by atoms with E-state index in [0.29, 0.717) is 5.96 Å². The standard InChI is InChI=1S/C10H14BN5/c1-15(13)10(14-12)16-5-7-2-3-9(11)4-8(7)6-16/h2-4H,5-6,12-13H2,1H3/b14-10+. The number of nitrogens with two attached hydrogens (primary N) is 2. The average Bonchev–Trinajstić information content (AvgIpc) is 2.60. The monoisotopic (exact) mass is 215 g/mol. The molecule has 0 spiro atoms. The summed E-state index contributed by atoms with van der Waals surface area (Å²) in [6.45, 7) is 1.49. The van der Waals surface area contributed by atoms with Crippen molar-refractivity contribution in [1.82, 2.24) is 9.91 Å². The summed E-state index contributed by atoms with van der Waals surface area (Å²) in [5.41, 5.74) is 3.20. The maximum absolute atomic E-state index is 5.74. The van der Waals surface area contributed by atoms with Gasteiger partial charge in [-0.3, -0.25) is 5.01 Å². The number of guanidine groups is 1. The summed E-state index contributed by atoms with van der Waals surface area (Å²) in [7, 11) is 7.45. The molecular formula is C10H14BN5. The summed E-state index contributed by atoms with van der Waals surface area (Å²) in [6.07, 6.45) is 0. The highest BCUT2D eigenvalue weighted by Crippen LogP contribution is 2.21. The average molecular weight is 215 g/mol. The number of fused-ring (bicyclic) bond motifs is 1. The van der Waals surface area contributed by atoms with Gasteiger partial charge in [-0.2, -0.15) is 0 Å². The van der Waals surface area contributed by atoms with Crippen LogP contribution < -0.4 is 17.1 Å². The van der Waals surface area contributed by atoms with Crippen LogP contribution in [0.3, 0.4) is 0 Å². The number of nitrogens with zero attached hydrogens (tertiary/aromatic N) is 3. The van der Waals surface area contributed by atoms with Gasteiger partial charge in [-0.15, -0.1) is 5.10 Å². The van der Waals surface area contributed by atoms with Gasteiger partial charge in [0.05, 0.1) is 0 Å². The van der Waals surface area contributed by atoms with E-state index in [1.165, 1.54) is 16.1 Å². The number of hydrazone groups is 1. The molecule has 1 aliphatic rings. The van der Waals surface area contributed by atoms with Gasteiger partial charge >= 0.3 is 0 Å². The molecule has 6 heteroatoms. The zero-order chi connectivity index (χ0) is 11.7. The fourth-order valence-corrected chi connectivity index (χ4v) is 1.95. The zero-order valence-corrected chi connectivity index (χ0v) is 9.22. The first-order valence-electron chi connectivity index (χ1n) is 5.00. The van der Waals surface area contributed by atoms with Gasteiger partial charge in [0.1, 0.15) is 7.85 Å². The summed E-state index contributed by atoms with van der Waals surface area (Å²) >= 11 is 0. The summed E-state index contributed by atoms with van der Waals surface area (Å²) in [6, 6.07) is 5.89. The third kappa shape index (κ3) is 1.83. The van der Waals surface area contributed by atoms with E-state index in [0.717, 1.165) is 18.6 Å². The molecule has 0 amide bonds. The van der Waals surface area contributed by atoms with Crippen LogP contribution >= 0.6 is 0 Å². The molecule has 0 atom stereocenters. The smallest absolute Gasteiger partial charge is 0.233 e. The first kappa shape index (κ1) is 10.8. The van der Waals surface area contributed by atoms with Crippen molar-refractivity contribution in [1.29, 1.82) is 0 Å². The van der Waals surface area contributed by atoms with Crippen LogP contribution in [0.25, 0.3) is 0 Å². The largest absolute Gasteiger partial charge is 0.332 e. The van der Waals surface area contributed by atoms with Gasteiger partial charge in [-0.05, 0) is 11.1 Å². The Hall–Kier alpha value is -1.69. The Morgan fingerprint density at radius 2 is 2.12 bits per heavy atom. The van der Waals surface area contributed by atoms with Crippen LogP contribution in [0, 0.1) is 0 Å². The molecule has 4 N–H and O–H groups in total. The van der Waals surface area contributed by atoms with Crippen molar-refractivity contribution in [3.05, 3.63) is 29.3 Å². The summed E-state index contributed by atoms with van der Waals surface area (Å²) in [5.74, 6) is 11.5. The van der Waals surface area contributed by atoms with Crippen LogP contribution in [0.2, 0.25) is 0 Å². The fourth-order valence-electron chi connectivity index (χ4n) is 1.95. The van der Waals surface area contributed by atoms with E-state index in [1.54, 1.807) is 7.05 Å². The number of hydrogen-bond acceptors (Lipinski definition) is 3. The molecule has 0 saturated carbocycles. The normalized spacial score (nSPS) is 15.1. The van der Waals surface area contributed by atoms with Crippen LogP contribution in [0.4, 0.5) is 0 Å². The first-order valence-corrected chi connectivity index (χ1v) is 5.00. The summed E-state index contributed by atoms with van der Waals surface area (Å²) in [5, 5.41) is 5.10. The molecule has 5 nitrogen and oxygen atoms in total. The van der Waals surface area contributed by atoms with Gasteiger partial charge in [0.25, 0.3) is 0 Å². The lowest BCUT2D eigenvalue weighted by Crippen LogP contribution is -2.44. The highest BCUT2D eigenvalue weighted by atomic mass is 15.5. The zero-order valence-electron chi connectivity index (χ0n) is 9.22. The Kier molecular flexibility index (Phi) is 2.74. The van der Waals surface area contributed by atoms with Crippen molar-refractivity contribution in [3.63, 3.8) is 0 Å². The van der Waals surface area contributed by atoms with E-state index in [4.69, 9.17) is 19.5 Å². The van der Waals surface area contributed by atoms with Crippen LogP contribution in [-0.2, 0) is 13.1 Å². The second kappa shape index (κ2) is 4.06. The lowest BCUT2D eigenvalue weighted by Gasteiger charge is -2.24. The third-order valence-corrected chi connectivity index (χ3v) is 2.67. The maximum atomic E-state index is 5.74. The Balaban J connectivity index is 2.22. The molecule has 0 fully saturated rings. The van der Waals surface area contributed by atoms with Gasteiger partial charge in [-0.1, -0.05) is 23.7 Å². The molecule has 1 heterocycles. The Labute approximate surface area is 96.1 Å². The predicted molar refractivity (Wildman–Crippen MR) is 64.6 cm³/mol. The highest BCUT2D eigenvalue weighted by molar-refractivity contribution is 6.32. The lowest BCUT2D eigenvalue weighted by atomic mass is 9.93. The molecule has 2 radical (unpaired) electrons. The number of benzene rings is 1. The number of hydrazine groups is 1. The highest BCUT2D eigenvalue weighted by Gasteiger charge is 2.23. The minimum absolute atomic E-state index is 0.565. The topological polar surface area (TPSA) is 70.9 Å². The van der Waals surface area contributed by atoms with E-state index in [1.807, 2.05) is 23.1 Å². The molecule has 1 aliphatic heterocycles. The Bertz CT molecular complexity index is 429. The van der Waals surface area contributed by atoms with E-state index in [-0.39, 0.29) is 0 Å². The molecule has 0 unspecified atom stereocenters. The molecular weight excluding hydrogens is 201 g/mol. The van der Waals surface area contributed by atoms with Gasteiger partial charge < -0.3 is 10.7 Å². The molecule has 0 aliphatic carbocycles. The minimum atomic E-state index is 0.565. The van der Waals surface area contributed by atoms with E-state index >= 15 is 0 Å². The van der Waals surface area contributed by atoms with Crippen LogP contribution in [-0.4, -0.2) is 30.8 Å². The molecule has 1 aromatic rings. The van der Waals surface area contributed by atoms with E-state index < -0.39 is 0 Å². The SMILES string of the molecule is [B]c1ccc2c(c1)CN(/C(=N/N)N(C)N)C2. The maximum Gasteiger partial charge on any atom is 0.233 e. The fraction of sp³-hybridized carbons (Fsp3) is 0.300. The summed E-state index contributed by atoms with van der Waals surface area (Å²) in [4.78, 5) is 2.00. The second-order valence-electron chi connectivity index (χ2n) is 3.92. The third-order valence-electron chi connectivity index (χ3n) is 2.67. The molecule has 16 heavy (non-hydrogen) atoms. The molecule has 2 rings (SSSR count). The summed E-state index contributed by atoms with van der Waals surface area (Å²) < 4.78 is 0. The van der Waals surface area contributed by atoms with Crippen LogP contribution in [0.15, 0.2) is 23.3 Å². The Morgan fingerprint density at radius 1 is 1.44 bits per heavy atom. The van der Waals surface area contributed by atoms with Crippen molar-refractivity contribution < 1.29 is 0 Å². The van der Waals surface area contributed by atoms with Crippen LogP contribution in [0.1, 0.15) is 11.1 Å². The van der Waals surface area contributed by atoms with E-state index in [2.05, 4.69) is 5.10 Å².